The minimum atomic E-state index is -0.376. The van der Waals surface area contributed by atoms with Crippen LogP contribution in [0.2, 0.25) is 5.02 Å². The van der Waals surface area contributed by atoms with E-state index >= 15 is 0 Å². The molecule has 0 aliphatic heterocycles. The fourth-order valence-corrected chi connectivity index (χ4v) is 2.29. The molecule has 0 saturated heterocycles. The highest BCUT2D eigenvalue weighted by molar-refractivity contribution is 6.30. The van der Waals surface area contributed by atoms with Crippen LogP contribution in [0, 0.1) is 5.82 Å². The molecular formula is C15H19ClFN3. The molecule has 1 heterocycles. The Hall–Kier alpha value is -1.39. The molecule has 0 aliphatic rings. The fraction of sp³-hybridized carbons (Fsp3) is 0.400. The molecule has 1 N–H and O–H groups in total. The molecule has 0 saturated carbocycles. The molecule has 1 atom stereocenters. The van der Waals surface area contributed by atoms with E-state index in [4.69, 9.17) is 11.6 Å². The first kappa shape index (κ1) is 15.0. The Kier molecular flexibility index (Phi) is 5.15. The predicted molar refractivity (Wildman–Crippen MR) is 79.4 cm³/mol. The normalized spacial score (nSPS) is 12.6. The molecule has 108 valence electrons. The van der Waals surface area contributed by atoms with Gasteiger partial charge in [-0.15, -0.1) is 0 Å². The van der Waals surface area contributed by atoms with Gasteiger partial charge in [0.2, 0.25) is 0 Å². The van der Waals surface area contributed by atoms with Crippen molar-refractivity contribution in [2.24, 2.45) is 7.05 Å². The van der Waals surface area contributed by atoms with Crippen LogP contribution in [0.1, 0.15) is 30.5 Å². The summed E-state index contributed by atoms with van der Waals surface area (Å²) in [6.45, 7) is 2.99. The van der Waals surface area contributed by atoms with E-state index in [-0.39, 0.29) is 16.9 Å². The summed E-state index contributed by atoms with van der Waals surface area (Å²) in [4.78, 5) is 0. The number of hydrogen-bond donors (Lipinski definition) is 1. The highest BCUT2D eigenvalue weighted by Crippen LogP contribution is 2.23. The van der Waals surface area contributed by atoms with Gasteiger partial charge in [0.25, 0.3) is 0 Å². The van der Waals surface area contributed by atoms with Crippen LogP contribution in [0.5, 0.6) is 0 Å². The number of benzene rings is 1. The smallest absolute Gasteiger partial charge is 0.142 e. The van der Waals surface area contributed by atoms with Gasteiger partial charge < -0.3 is 5.32 Å². The summed E-state index contributed by atoms with van der Waals surface area (Å²) in [5.41, 5.74) is 2.03. The Labute approximate surface area is 123 Å². The number of nitrogens with one attached hydrogen (secondary N) is 1. The maximum absolute atomic E-state index is 13.6. The summed E-state index contributed by atoms with van der Waals surface area (Å²) in [5.74, 6) is -0.376. The van der Waals surface area contributed by atoms with Crippen LogP contribution in [0.25, 0.3) is 0 Å². The van der Waals surface area contributed by atoms with E-state index < -0.39 is 0 Å². The van der Waals surface area contributed by atoms with Crippen LogP contribution in [-0.2, 0) is 13.5 Å². The first-order valence-electron chi connectivity index (χ1n) is 6.76. The molecule has 1 unspecified atom stereocenters. The largest absolute Gasteiger partial charge is 0.310 e. The van der Waals surface area contributed by atoms with Crippen molar-refractivity contribution in [1.82, 2.24) is 15.1 Å². The summed E-state index contributed by atoms with van der Waals surface area (Å²) < 4.78 is 15.4. The van der Waals surface area contributed by atoms with Crippen LogP contribution in [-0.4, -0.2) is 16.3 Å². The lowest BCUT2D eigenvalue weighted by atomic mass is 10.0. The summed E-state index contributed by atoms with van der Waals surface area (Å²) in [7, 11) is 1.89. The molecular weight excluding hydrogens is 277 g/mol. The van der Waals surface area contributed by atoms with Crippen LogP contribution in [0.4, 0.5) is 4.39 Å². The van der Waals surface area contributed by atoms with Gasteiger partial charge in [0.05, 0.1) is 11.2 Å². The zero-order valence-electron chi connectivity index (χ0n) is 11.7. The third kappa shape index (κ3) is 3.81. The lowest BCUT2D eigenvalue weighted by Crippen LogP contribution is -2.24. The zero-order valence-corrected chi connectivity index (χ0v) is 12.5. The number of halogens is 2. The van der Waals surface area contributed by atoms with Crippen molar-refractivity contribution in [2.75, 3.05) is 6.54 Å². The molecule has 2 aromatic rings. The SMILES string of the molecule is CCCNC(Cc1cnn(C)c1)c1ccc(Cl)c(F)c1. The molecule has 1 aromatic heterocycles. The highest BCUT2D eigenvalue weighted by Gasteiger charge is 2.14. The van der Waals surface area contributed by atoms with E-state index in [1.54, 1.807) is 10.7 Å². The average Bonchev–Trinajstić information content (AvgIpc) is 2.83. The lowest BCUT2D eigenvalue weighted by Gasteiger charge is -2.18. The molecule has 2 rings (SSSR count). The fourth-order valence-electron chi connectivity index (χ4n) is 2.17. The van der Waals surface area contributed by atoms with Gasteiger partial charge in [-0.2, -0.15) is 5.10 Å². The van der Waals surface area contributed by atoms with Gasteiger partial charge in [0.15, 0.2) is 0 Å². The second-order valence-corrected chi connectivity index (χ2v) is 5.31. The van der Waals surface area contributed by atoms with Gasteiger partial charge in [0.1, 0.15) is 5.82 Å². The van der Waals surface area contributed by atoms with Crippen molar-refractivity contribution >= 4 is 11.6 Å². The van der Waals surface area contributed by atoms with Crippen LogP contribution >= 0.6 is 11.6 Å². The molecule has 0 fully saturated rings. The minimum Gasteiger partial charge on any atom is -0.310 e. The van der Waals surface area contributed by atoms with E-state index in [9.17, 15) is 4.39 Å². The Morgan fingerprint density at radius 3 is 2.85 bits per heavy atom. The Balaban J connectivity index is 2.19. The standard InChI is InChI=1S/C15H19ClFN3/c1-3-6-18-15(7-11-9-19-20(2)10-11)12-4-5-13(16)14(17)8-12/h4-5,8-10,15,18H,3,6-7H2,1-2H3. The predicted octanol–water partition coefficient (Wildman–Crippen LogP) is 3.50. The first-order chi connectivity index (χ1) is 9.60. The topological polar surface area (TPSA) is 29.9 Å². The minimum absolute atomic E-state index is 0.0610. The summed E-state index contributed by atoms with van der Waals surface area (Å²) in [6, 6.07) is 5.04. The van der Waals surface area contributed by atoms with Crippen LogP contribution in [0.3, 0.4) is 0 Å². The summed E-state index contributed by atoms with van der Waals surface area (Å²) >= 11 is 5.74. The maximum Gasteiger partial charge on any atom is 0.142 e. The summed E-state index contributed by atoms with van der Waals surface area (Å²) in [5, 5.41) is 7.77. The molecule has 20 heavy (non-hydrogen) atoms. The van der Waals surface area contributed by atoms with Crippen LogP contribution in [0.15, 0.2) is 30.6 Å². The molecule has 0 bridgehead atoms. The highest BCUT2D eigenvalue weighted by atomic mass is 35.5. The van der Waals surface area contributed by atoms with Gasteiger partial charge in [-0.3, -0.25) is 4.68 Å². The van der Waals surface area contributed by atoms with Crippen molar-refractivity contribution < 1.29 is 4.39 Å². The monoisotopic (exact) mass is 295 g/mol. The Morgan fingerprint density at radius 1 is 1.45 bits per heavy atom. The van der Waals surface area contributed by atoms with E-state index in [1.807, 2.05) is 25.5 Å². The van der Waals surface area contributed by atoms with Gasteiger partial charge in [-0.1, -0.05) is 24.6 Å². The van der Waals surface area contributed by atoms with Crippen molar-refractivity contribution in [3.05, 3.63) is 52.6 Å². The molecule has 1 aromatic carbocycles. The Bertz CT molecular complexity index is 568. The van der Waals surface area contributed by atoms with Crippen molar-refractivity contribution in [1.29, 1.82) is 0 Å². The molecule has 0 spiro atoms. The first-order valence-corrected chi connectivity index (χ1v) is 7.13. The second kappa shape index (κ2) is 6.86. The molecule has 3 nitrogen and oxygen atoms in total. The third-order valence-corrected chi connectivity index (χ3v) is 3.49. The van der Waals surface area contributed by atoms with E-state index in [0.717, 1.165) is 30.5 Å². The van der Waals surface area contributed by atoms with Crippen LogP contribution < -0.4 is 5.32 Å². The van der Waals surface area contributed by atoms with Crippen molar-refractivity contribution in [3.63, 3.8) is 0 Å². The number of nitrogens with zero attached hydrogens (tertiary/aromatic N) is 2. The number of rotatable bonds is 6. The van der Waals surface area contributed by atoms with Gasteiger partial charge in [-0.05, 0) is 42.6 Å². The second-order valence-electron chi connectivity index (χ2n) is 4.91. The third-order valence-electron chi connectivity index (χ3n) is 3.18. The van der Waals surface area contributed by atoms with Gasteiger partial charge in [-0.25, -0.2) is 4.39 Å². The number of aryl methyl sites for hydroxylation is 1. The van der Waals surface area contributed by atoms with Gasteiger partial charge >= 0.3 is 0 Å². The summed E-state index contributed by atoms with van der Waals surface area (Å²) in [6.07, 6.45) is 5.62. The molecule has 0 aliphatic carbocycles. The van der Waals surface area contributed by atoms with Crippen molar-refractivity contribution in [2.45, 2.75) is 25.8 Å². The van der Waals surface area contributed by atoms with Crippen molar-refractivity contribution in [3.8, 4) is 0 Å². The molecule has 0 radical (unpaired) electrons. The van der Waals surface area contributed by atoms with E-state index in [0.29, 0.717) is 0 Å². The Morgan fingerprint density at radius 2 is 2.25 bits per heavy atom. The molecule has 5 heteroatoms. The lowest BCUT2D eigenvalue weighted by molar-refractivity contribution is 0.524. The molecule has 0 amide bonds. The average molecular weight is 296 g/mol. The number of aromatic nitrogens is 2. The number of hydrogen-bond acceptors (Lipinski definition) is 2. The maximum atomic E-state index is 13.6. The van der Waals surface area contributed by atoms with E-state index in [1.165, 1.54) is 6.07 Å². The van der Waals surface area contributed by atoms with E-state index in [2.05, 4.69) is 17.3 Å². The van der Waals surface area contributed by atoms with Gasteiger partial charge in [0, 0.05) is 19.3 Å². The quantitative estimate of drug-likeness (QED) is 0.884. The zero-order chi connectivity index (χ0) is 14.5.